The SMILES string of the molecule is CC(C)(C)c1csc(NC(=O)C2CCCNC2)n1. The monoisotopic (exact) mass is 267 g/mol. The number of amides is 1. The number of hydrogen-bond donors (Lipinski definition) is 2. The van der Waals surface area contributed by atoms with E-state index < -0.39 is 0 Å². The van der Waals surface area contributed by atoms with Crippen molar-refractivity contribution < 1.29 is 4.79 Å². The van der Waals surface area contributed by atoms with Gasteiger partial charge in [0.25, 0.3) is 0 Å². The summed E-state index contributed by atoms with van der Waals surface area (Å²) in [6.07, 6.45) is 2.04. The number of carbonyl (C=O) groups is 1. The smallest absolute Gasteiger partial charge is 0.230 e. The van der Waals surface area contributed by atoms with Gasteiger partial charge in [0.05, 0.1) is 11.6 Å². The third kappa shape index (κ3) is 3.29. The molecule has 0 bridgehead atoms. The molecule has 1 aromatic heterocycles. The molecule has 5 heteroatoms. The number of piperidine rings is 1. The van der Waals surface area contributed by atoms with Crippen molar-refractivity contribution in [2.45, 2.75) is 39.0 Å². The summed E-state index contributed by atoms with van der Waals surface area (Å²) in [5, 5.41) is 8.93. The molecule has 4 nitrogen and oxygen atoms in total. The molecule has 0 aliphatic carbocycles. The first-order valence-corrected chi connectivity index (χ1v) is 7.32. The minimum Gasteiger partial charge on any atom is -0.316 e. The highest BCUT2D eigenvalue weighted by Gasteiger charge is 2.23. The lowest BCUT2D eigenvalue weighted by atomic mass is 9.93. The van der Waals surface area contributed by atoms with Crippen LogP contribution in [0.5, 0.6) is 0 Å². The van der Waals surface area contributed by atoms with E-state index >= 15 is 0 Å². The minimum absolute atomic E-state index is 0.0336. The summed E-state index contributed by atoms with van der Waals surface area (Å²) < 4.78 is 0. The van der Waals surface area contributed by atoms with Gasteiger partial charge in [-0.05, 0) is 19.4 Å². The predicted molar refractivity (Wildman–Crippen MR) is 75.0 cm³/mol. The fourth-order valence-corrected chi connectivity index (χ4v) is 2.90. The molecule has 18 heavy (non-hydrogen) atoms. The van der Waals surface area contributed by atoms with Crippen LogP contribution < -0.4 is 10.6 Å². The van der Waals surface area contributed by atoms with Gasteiger partial charge in [-0.15, -0.1) is 11.3 Å². The molecular formula is C13H21N3OS. The van der Waals surface area contributed by atoms with Gasteiger partial charge in [0, 0.05) is 17.3 Å². The lowest BCUT2D eigenvalue weighted by Gasteiger charge is -2.21. The molecule has 1 aliphatic rings. The summed E-state index contributed by atoms with van der Waals surface area (Å²) >= 11 is 1.51. The number of rotatable bonds is 2. The molecule has 0 radical (unpaired) electrons. The molecule has 0 spiro atoms. The molecule has 1 unspecified atom stereocenters. The molecule has 2 heterocycles. The molecule has 0 aromatic carbocycles. The zero-order chi connectivity index (χ0) is 13.2. The maximum atomic E-state index is 12.0. The van der Waals surface area contributed by atoms with E-state index in [1.165, 1.54) is 11.3 Å². The van der Waals surface area contributed by atoms with E-state index in [0.717, 1.165) is 36.8 Å². The van der Waals surface area contributed by atoms with Crippen molar-refractivity contribution in [3.8, 4) is 0 Å². The molecule has 1 fully saturated rings. The first kappa shape index (κ1) is 13.5. The maximum Gasteiger partial charge on any atom is 0.230 e. The van der Waals surface area contributed by atoms with Gasteiger partial charge < -0.3 is 10.6 Å². The number of thiazole rings is 1. The molecule has 1 aromatic rings. The Bertz CT molecular complexity index is 416. The van der Waals surface area contributed by atoms with Gasteiger partial charge in [0.15, 0.2) is 5.13 Å². The zero-order valence-electron chi connectivity index (χ0n) is 11.2. The van der Waals surface area contributed by atoms with Gasteiger partial charge >= 0.3 is 0 Å². The summed E-state index contributed by atoms with van der Waals surface area (Å²) in [6, 6.07) is 0. The van der Waals surface area contributed by atoms with Crippen LogP contribution in [0.15, 0.2) is 5.38 Å². The second-order valence-electron chi connectivity index (χ2n) is 5.82. The fourth-order valence-electron chi connectivity index (χ4n) is 1.96. The van der Waals surface area contributed by atoms with Crippen LogP contribution >= 0.6 is 11.3 Å². The lowest BCUT2D eigenvalue weighted by Crippen LogP contribution is -2.37. The topological polar surface area (TPSA) is 54.0 Å². The Morgan fingerprint density at radius 2 is 2.33 bits per heavy atom. The summed E-state index contributed by atoms with van der Waals surface area (Å²) in [5.74, 6) is 0.178. The first-order chi connectivity index (χ1) is 8.47. The van der Waals surface area contributed by atoms with Gasteiger partial charge in [-0.3, -0.25) is 4.79 Å². The summed E-state index contributed by atoms with van der Waals surface area (Å²) in [4.78, 5) is 16.5. The Kier molecular flexibility index (Phi) is 4.02. The van der Waals surface area contributed by atoms with Crippen LogP contribution in [0.4, 0.5) is 5.13 Å². The van der Waals surface area contributed by atoms with E-state index in [0.29, 0.717) is 0 Å². The number of nitrogens with zero attached hydrogens (tertiary/aromatic N) is 1. The highest BCUT2D eigenvalue weighted by Crippen LogP contribution is 2.26. The van der Waals surface area contributed by atoms with E-state index in [2.05, 4.69) is 36.4 Å². The van der Waals surface area contributed by atoms with E-state index in [9.17, 15) is 4.79 Å². The van der Waals surface area contributed by atoms with E-state index in [-0.39, 0.29) is 17.2 Å². The molecule has 2 N–H and O–H groups in total. The summed E-state index contributed by atoms with van der Waals surface area (Å²) in [6.45, 7) is 8.18. The normalized spacial score (nSPS) is 20.7. The molecule has 1 atom stereocenters. The van der Waals surface area contributed by atoms with Crippen LogP contribution in [0.1, 0.15) is 39.3 Å². The number of aromatic nitrogens is 1. The third-order valence-corrected chi connectivity index (χ3v) is 3.93. The van der Waals surface area contributed by atoms with Gasteiger partial charge in [-0.25, -0.2) is 4.98 Å². The van der Waals surface area contributed by atoms with Crippen molar-refractivity contribution in [1.82, 2.24) is 10.3 Å². The Labute approximate surface area is 112 Å². The molecule has 100 valence electrons. The van der Waals surface area contributed by atoms with Crippen molar-refractivity contribution in [3.05, 3.63) is 11.1 Å². The van der Waals surface area contributed by atoms with Crippen LogP contribution in [-0.4, -0.2) is 24.0 Å². The average molecular weight is 267 g/mol. The molecule has 1 amide bonds. The maximum absolute atomic E-state index is 12.0. The number of carbonyl (C=O) groups excluding carboxylic acids is 1. The second-order valence-corrected chi connectivity index (χ2v) is 6.68. The zero-order valence-corrected chi connectivity index (χ0v) is 12.1. The Hall–Kier alpha value is -0.940. The quantitative estimate of drug-likeness (QED) is 0.865. The summed E-state index contributed by atoms with van der Waals surface area (Å²) in [5.41, 5.74) is 1.07. The van der Waals surface area contributed by atoms with E-state index in [1.54, 1.807) is 0 Å². The minimum atomic E-state index is 0.0336. The van der Waals surface area contributed by atoms with E-state index in [4.69, 9.17) is 0 Å². The standard InChI is InChI=1S/C13H21N3OS/c1-13(2,3)10-8-18-12(15-10)16-11(17)9-5-4-6-14-7-9/h8-9,14H,4-7H2,1-3H3,(H,15,16,17). The molecular weight excluding hydrogens is 246 g/mol. The van der Waals surface area contributed by atoms with Crippen molar-refractivity contribution in [2.24, 2.45) is 5.92 Å². The number of nitrogens with one attached hydrogen (secondary N) is 2. The largest absolute Gasteiger partial charge is 0.316 e. The molecule has 0 saturated carbocycles. The molecule has 1 saturated heterocycles. The van der Waals surface area contributed by atoms with Crippen molar-refractivity contribution >= 4 is 22.4 Å². The lowest BCUT2D eigenvalue weighted by molar-refractivity contribution is -0.120. The third-order valence-electron chi connectivity index (χ3n) is 3.17. The van der Waals surface area contributed by atoms with Gasteiger partial charge in [-0.2, -0.15) is 0 Å². The van der Waals surface area contributed by atoms with E-state index in [1.807, 2.05) is 5.38 Å². The Morgan fingerprint density at radius 3 is 2.89 bits per heavy atom. The van der Waals surface area contributed by atoms with Gasteiger partial charge in [-0.1, -0.05) is 20.8 Å². The highest BCUT2D eigenvalue weighted by atomic mass is 32.1. The molecule has 1 aliphatic heterocycles. The number of anilines is 1. The Balaban J connectivity index is 1.96. The van der Waals surface area contributed by atoms with Crippen LogP contribution in [0, 0.1) is 5.92 Å². The first-order valence-electron chi connectivity index (χ1n) is 6.44. The van der Waals surface area contributed by atoms with Gasteiger partial charge in [0.1, 0.15) is 0 Å². The Morgan fingerprint density at radius 1 is 1.56 bits per heavy atom. The van der Waals surface area contributed by atoms with Crippen molar-refractivity contribution in [3.63, 3.8) is 0 Å². The van der Waals surface area contributed by atoms with Crippen molar-refractivity contribution in [1.29, 1.82) is 0 Å². The second kappa shape index (κ2) is 5.36. The molecule has 2 rings (SSSR count). The van der Waals surface area contributed by atoms with Crippen LogP contribution in [0.2, 0.25) is 0 Å². The van der Waals surface area contributed by atoms with Gasteiger partial charge in [0.2, 0.25) is 5.91 Å². The van der Waals surface area contributed by atoms with Crippen LogP contribution in [0.3, 0.4) is 0 Å². The summed E-state index contributed by atoms with van der Waals surface area (Å²) in [7, 11) is 0. The van der Waals surface area contributed by atoms with Crippen molar-refractivity contribution in [2.75, 3.05) is 18.4 Å². The highest BCUT2D eigenvalue weighted by molar-refractivity contribution is 7.13. The van der Waals surface area contributed by atoms with Crippen LogP contribution in [0.25, 0.3) is 0 Å². The van der Waals surface area contributed by atoms with Crippen LogP contribution in [-0.2, 0) is 10.2 Å². The average Bonchev–Trinajstić information content (AvgIpc) is 2.78. The predicted octanol–water partition coefficient (Wildman–Crippen LogP) is 2.38. The number of hydrogen-bond acceptors (Lipinski definition) is 4. The fraction of sp³-hybridized carbons (Fsp3) is 0.692.